The molecule has 0 spiro atoms. The number of fused-ring (bicyclic) bond motifs is 1. The lowest BCUT2D eigenvalue weighted by Crippen LogP contribution is -2.24. The van der Waals surface area contributed by atoms with Crippen molar-refractivity contribution in [3.8, 4) is 5.82 Å². The average molecular weight is 364 g/mol. The standard InChI is InChI=1S/C20H20N4OS/c25-20(13-26-18-6-5-16-2-1-3-17(16)10-18)23-12-15-4-7-19(22-11-15)24-9-8-21-14-24/h4-11,14H,1-3,12-13H2,(H,23,25). The van der Waals surface area contributed by atoms with Gasteiger partial charge in [0.2, 0.25) is 5.91 Å². The van der Waals surface area contributed by atoms with Gasteiger partial charge in [-0.05, 0) is 54.2 Å². The Morgan fingerprint density at radius 3 is 2.92 bits per heavy atom. The SMILES string of the molecule is O=C(CSc1ccc2c(c1)CCC2)NCc1ccc(-n2ccnc2)nc1. The lowest BCUT2D eigenvalue weighted by molar-refractivity contribution is -0.118. The lowest BCUT2D eigenvalue weighted by atomic mass is 10.1. The number of imidazole rings is 1. The van der Waals surface area contributed by atoms with Gasteiger partial charge in [-0.1, -0.05) is 12.1 Å². The van der Waals surface area contributed by atoms with E-state index in [-0.39, 0.29) is 5.91 Å². The molecule has 0 saturated heterocycles. The Morgan fingerprint density at radius 1 is 1.19 bits per heavy atom. The number of benzene rings is 1. The molecule has 132 valence electrons. The second-order valence-corrected chi connectivity index (χ2v) is 7.39. The normalized spacial score (nSPS) is 12.8. The van der Waals surface area contributed by atoms with Crippen LogP contribution in [0, 0.1) is 0 Å². The van der Waals surface area contributed by atoms with Crippen LogP contribution in [0.1, 0.15) is 23.1 Å². The molecule has 26 heavy (non-hydrogen) atoms. The van der Waals surface area contributed by atoms with Gasteiger partial charge in [0.25, 0.3) is 0 Å². The minimum atomic E-state index is 0.0363. The molecule has 0 atom stereocenters. The molecule has 2 heterocycles. The molecule has 0 fully saturated rings. The molecule has 0 radical (unpaired) electrons. The molecule has 0 bridgehead atoms. The summed E-state index contributed by atoms with van der Waals surface area (Å²) in [6.45, 7) is 0.487. The zero-order valence-corrected chi connectivity index (χ0v) is 15.2. The van der Waals surface area contributed by atoms with E-state index in [0.29, 0.717) is 12.3 Å². The quantitative estimate of drug-likeness (QED) is 0.683. The highest BCUT2D eigenvalue weighted by Gasteiger charge is 2.11. The van der Waals surface area contributed by atoms with E-state index < -0.39 is 0 Å². The number of nitrogens with zero attached hydrogens (tertiary/aromatic N) is 3. The summed E-state index contributed by atoms with van der Waals surface area (Å²) in [6.07, 6.45) is 10.7. The summed E-state index contributed by atoms with van der Waals surface area (Å²) in [6, 6.07) is 10.5. The first kappa shape index (κ1) is 16.8. The van der Waals surface area contributed by atoms with Crippen LogP contribution in [0.2, 0.25) is 0 Å². The lowest BCUT2D eigenvalue weighted by Gasteiger charge is -2.07. The molecule has 4 rings (SSSR count). The van der Waals surface area contributed by atoms with Gasteiger partial charge in [0.05, 0.1) is 5.75 Å². The fraction of sp³-hybridized carbons (Fsp3) is 0.250. The Kier molecular flexibility index (Phi) is 5.02. The molecule has 1 aromatic carbocycles. The highest BCUT2D eigenvalue weighted by molar-refractivity contribution is 8.00. The van der Waals surface area contributed by atoms with Gasteiger partial charge in [-0.2, -0.15) is 0 Å². The van der Waals surface area contributed by atoms with E-state index in [1.54, 1.807) is 30.5 Å². The van der Waals surface area contributed by atoms with Crippen molar-refractivity contribution < 1.29 is 4.79 Å². The fourth-order valence-electron chi connectivity index (χ4n) is 3.11. The van der Waals surface area contributed by atoms with Gasteiger partial charge in [-0.25, -0.2) is 9.97 Å². The molecule has 0 unspecified atom stereocenters. The van der Waals surface area contributed by atoms with Crippen molar-refractivity contribution in [1.82, 2.24) is 19.9 Å². The Labute approximate surface area is 156 Å². The summed E-state index contributed by atoms with van der Waals surface area (Å²) in [5.41, 5.74) is 3.88. The molecule has 6 heteroatoms. The predicted octanol–water partition coefficient (Wildman–Crippen LogP) is 3.16. The minimum Gasteiger partial charge on any atom is -0.351 e. The van der Waals surface area contributed by atoms with Crippen molar-refractivity contribution in [3.05, 3.63) is 71.9 Å². The molecule has 5 nitrogen and oxygen atoms in total. The number of pyridine rings is 1. The molecule has 1 aliphatic rings. The van der Waals surface area contributed by atoms with Crippen molar-refractivity contribution >= 4 is 17.7 Å². The van der Waals surface area contributed by atoms with Gasteiger partial charge in [-0.15, -0.1) is 11.8 Å². The molecule has 2 aromatic heterocycles. The average Bonchev–Trinajstić information content (AvgIpc) is 3.36. The van der Waals surface area contributed by atoms with E-state index in [0.717, 1.165) is 17.8 Å². The second-order valence-electron chi connectivity index (χ2n) is 6.34. The molecule has 1 amide bonds. The van der Waals surface area contributed by atoms with Gasteiger partial charge in [0.1, 0.15) is 12.1 Å². The van der Waals surface area contributed by atoms with Crippen LogP contribution in [-0.4, -0.2) is 26.2 Å². The highest BCUT2D eigenvalue weighted by atomic mass is 32.2. The minimum absolute atomic E-state index is 0.0363. The number of amides is 1. The Morgan fingerprint density at radius 2 is 2.12 bits per heavy atom. The van der Waals surface area contributed by atoms with Crippen molar-refractivity contribution in [2.75, 3.05) is 5.75 Å². The topological polar surface area (TPSA) is 59.8 Å². The van der Waals surface area contributed by atoms with E-state index in [9.17, 15) is 4.79 Å². The number of aryl methyl sites for hydroxylation is 2. The van der Waals surface area contributed by atoms with E-state index >= 15 is 0 Å². The van der Waals surface area contributed by atoms with Crippen molar-refractivity contribution in [2.24, 2.45) is 0 Å². The summed E-state index contributed by atoms with van der Waals surface area (Å²) < 4.78 is 1.84. The first-order chi connectivity index (χ1) is 12.8. The molecular weight excluding hydrogens is 344 g/mol. The van der Waals surface area contributed by atoms with Gasteiger partial charge >= 0.3 is 0 Å². The third-order valence-electron chi connectivity index (χ3n) is 4.51. The predicted molar refractivity (Wildman–Crippen MR) is 102 cm³/mol. The number of hydrogen-bond acceptors (Lipinski definition) is 4. The second kappa shape index (κ2) is 7.74. The Bertz CT molecular complexity index is 891. The number of aromatic nitrogens is 3. The number of nitrogens with one attached hydrogen (secondary N) is 1. The summed E-state index contributed by atoms with van der Waals surface area (Å²) in [4.78, 5) is 21.7. The van der Waals surface area contributed by atoms with E-state index in [1.807, 2.05) is 22.9 Å². The Balaban J connectivity index is 1.26. The zero-order valence-electron chi connectivity index (χ0n) is 14.4. The Hall–Kier alpha value is -2.60. The van der Waals surface area contributed by atoms with Crippen LogP contribution in [-0.2, 0) is 24.2 Å². The number of rotatable bonds is 6. The van der Waals surface area contributed by atoms with Crippen LogP contribution in [0.15, 0.2) is 60.1 Å². The summed E-state index contributed by atoms with van der Waals surface area (Å²) >= 11 is 1.59. The number of carbonyl (C=O) groups excluding carboxylic acids is 1. The monoisotopic (exact) mass is 364 g/mol. The van der Waals surface area contributed by atoms with Crippen LogP contribution in [0.25, 0.3) is 5.82 Å². The highest BCUT2D eigenvalue weighted by Crippen LogP contribution is 2.27. The van der Waals surface area contributed by atoms with Gasteiger partial charge in [0, 0.05) is 30.0 Å². The zero-order chi connectivity index (χ0) is 17.8. The van der Waals surface area contributed by atoms with E-state index in [2.05, 4.69) is 33.5 Å². The third-order valence-corrected chi connectivity index (χ3v) is 5.50. The molecule has 1 aliphatic carbocycles. The summed E-state index contributed by atoms with van der Waals surface area (Å²) in [5, 5.41) is 2.96. The van der Waals surface area contributed by atoms with Crippen LogP contribution in [0.5, 0.6) is 0 Å². The third kappa shape index (κ3) is 3.96. The van der Waals surface area contributed by atoms with Gasteiger partial charge in [-0.3, -0.25) is 9.36 Å². The first-order valence-corrected chi connectivity index (χ1v) is 9.71. The molecule has 1 N–H and O–H groups in total. The fourth-order valence-corrected chi connectivity index (χ4v) is 3.90. The number of hydrogen-bond donors (Lipinski definition) is 1. The van der Waals surface area contributed by atoms with Crippen LogP contribution >= 0.6 is 11.8 Å². The maximum atomic E-state index is 12.1. The molecule has 0 saturated carbocycles. The van der Waals surface area contributed by atoms with E-state index in [4.69, 9.17) is 0 Å². The van der Waals surface area contributed by atoms with Crippen LogP contribution < -0.4 is 5.32 Å². The molecular formula is C20H20N4OS. The van der Waals surface area contributed by atoms with Crippen molar-refractivity contribution in [3.63, 3.8) is 0 Å². The van der Waals surface area contributed by atoms with Gasteiger partial charge < -0.3 is 5.32 Å². The maximum Gasteiger partial charge on any atom is 0.230 e. The number of carbonyl (C=O) groups is 1. The first-order valence-electron chi connectivity index (χ1n) is 8.72. The maximum absolute atomic E-state index is 12.1. The summed E-state index contributed by atoms with van der Waals surface area (Å²) in [5.74, 6) is 1.28. The smallest absolute Gasteiger partial charge is 0.230 e. The van der Waals surface area contributed by atoms with Gasteiger partial charge in [0.15, 0.2) is 0 Å². The molecule has 0 aliphatic heterocycles. The van der Waals surface area contributed by atoms with Crippen LogP contribution in [0.3, 0.4) is 0 Å². The molecule has 3 aromatic rings. The van der Waals surface area contributed by atoms with Crippen molar-refractivity contribution in [2.45, 2.75) is 30.7 Å². The largest absolute Gasteiger partial charge is 0.351 e. The van der Waals surface area contributed by atoms with E-state index in [1.165, 1.54) is 28.9 Å². The number of thioether (sulfide) groups is 1. The van der Waals surface area contributed by atoms with Crippen LogP contribution in [0.4, 0.5) is 0 Å². The summed E-state index contributed by atoms with van der Waals surface area (Å²) in [7, 11) is 0. The van der Waals surface area contributed by atoms with Crippen molar-refractivity contribution in [1.29, 1.82) is 0 Å².